The Kier molecular flexibility index (Phi) is 4.79. The highest BCUT2D eigenvalue weighted by Crippen LogP contribution is 2.31. The maximum absolute atomic E-state index is 10.4. The van der Waals surface area contributed by atoms with Crippen LogP contribution in [-0.4, -0.2) is 42.5 Å². The smallest absolute Gasteiger partial charge is 0.341 e. The molecule has 0 radical (unpaired) electrons. The van der Waals surface area contributed by atoms with Crippen molar-refractivity contribution in [2.75, 3.05) is 20.3 Å². The zero-order valence-electron chi connectivity index (χ0n) is 9.58. The van der Waals surface area contributed by atoms with Gasteiger partial charge < -0.3 is 24.4 Å². The molecule has 2 N–H and O–H groups in total. The van der Waals surface area contributed by atoms with Crippen LogP contribution < -0.4 is 14.2 Å². The summed E-state index contributed by atoms with van der Waals surface area (Å²) in [5.41, 5.74) is 0. The van der Waals surface area contributed by atoms with Gasteiger partial charge in [-0.05, 0) is 12.1 Å². The molecule has 0 bridgehead atoms. The van der Waals surface area contributed by atoms with E-state index in [4.69, 9.17) is 24.4 Å². The fraction of sp³-hybridized carbons (Fsp3) is 0.273. The van der Waals surface area contributed by atoms with Crippen LogP contribution in [0.15, 0.2) is 18.2 Å². The van der Waals surface area contributed by atoms with E-state index >= 15 is 0 Å². The van der Waals surface area contributed by atoms with E-state index in [1.165, 1.54) is 25.3 Å². The van der Waals surface area contributed by atoms with Gasteiger partial charge in [0.2, 0.25) is 0 Å². The van der Waals surface area contributed by atoms with Crippen molar-refractivity contribution in [1.29, 1.82) is 0 Å². The van der Waals surface area contributed by atoms with Gasteiger partial charge in [-0.1, -0.05) is 0 Å². The molecule has 0 saturated carbocycles. The molecule has 1 aromatic rings. The van der Waals surface area contributed by atoms with E-state index in [1.807, 2.05) is 0 Å². The van der Waals surface area contributed by atoms with Crippen LogP contribution in [0.25, 0.3) is 0 Å². The molecular weight excluding hydrogens is 244 g/mol. The molecule has 0 unspecified atom stereocenters. The minimum Gasteiger partial charge on any atom is -0.493 e. The van der Waals surface area contributed by atoms with Gasteiger partial charge in [0, 0.05) is 6.07 Å². The van der Waals surface area contributed by atoms with Gasteiger partial charge in [0.25, 0.3) is 0 Å². The highest BCUT2D eigenvalue weighted by atomic mass is 16.5. The van der Waals surface area contributed by atoms with Gasteiger partial charge in [-0.3, -0.25) is 0 Å². The molecule has 0 aliphatic heterocycles. The van der Waals surface area contributed by atoms with Crippen molar-refractivity contribution in [3.8, 4) is 17.2 Å². The first-order valence-corrected chi connectivity index (χ1v) is 4.90. The molecule has 0 saturated heterocycles. The van der Waals surface area contributed by atoms with E-state index < -0.39 is 25.2 Å². The highest BCUT2D eigenvalue weighted by Gasteiger charge is 2.09. The molecule has 18 heavy (non-hydrogen) atoms. The first-order valence-electron chi connectivity index (χ1n) is 4.90. The fourth-order valence-corrected chi connectivity index (χ4v) is 1.14. The Hall–Kier alpha value is -2.44. The first kappa shape index (κ1) is 13.6. The topological polar surface area (TPSA) is 102 Å². The highest BCUT2D eigenvalue weighted by molar-refractivity contribution is 5.69. The van der Waals surface area contributed by atoms with Crippen LogP contribution >= 0.6 is 0 Å². The van der Waals surface area contributed by atoms with E-state index in [0.29, 0.717) is 5.75 Å². The number of hydrogen-bond acceptors (Lipinski definition) is 5. The average molecular weight is 256 g/mol. The number of rotatable bonds is 7. The third kappa shape index (κ3) is 4.20. The van der Waals surface area contributed by atoms with E-state index in [1.54, 1.807) is 0 Å². The lowest BCUT2D eigenvalue weighted by Crippen LogP contribution is -2.11. The molecule has 1 aromatic carbocycles. The predicted octanol–water partition coefficient (Wildman–Crippen LogP) is 0.622. The van der Waals surface area contributed by atoms with E-state index in [9.17, 15) is 9.59 Å². The Bertz CT molecular complexity index is 441. The van der Waals surface area contributed by atoms with Crippen LogP contribution in [-0.2, 0) is 9.59 Å². The van der Waals surface area contributed by atoms with Crippen molar-refractivity contribution in [2.24, 2.45) is 0 Å². The number of carboxylic acid groups (broad SMARTS) is 2. The molecule has 0 atom stereocenters. The number of aliphatic carboxylic acids is 2. The minimum atomic E-state index is -1.13. The zero-order valence-corrected chi connectivity index (χ0v) is 9.58. The van der Waals surface area contributed by atoms with Crippen molar-refractivity contribution in [2.45, 2.75) is 0 Å². The van der Waals surface area contributed by atoms with Gasteiger partial charge in [0.05, 0.1) is 7.11 Å². The second-order valence-electron chi connectivity index (χ2n) is 3.18. The maximum atomic E-state index is 10.4. The quantitative estimate of drug-likeness (QED) is 0.737. The van der Waals surface area contributed by atoms with Crippen LogP contribution in [0.5, 0.6) is 17.2 Å². The van der Waals surface area contributed by atoms with Crippen molar-refractivity contribution >= 4 is 11.9 Å². The number of carbonyl (C=O) groups is 2. The fourth-order valence-electron chi connectivity index (χ4n) is 1.14. The normalized spacial score (nSPS) is 9.61. The molecule has 1 rings (SSSR count). The lowest BCUT2D eigenvalue weighted by atomic mass is 10.3. The SMILES string of the molecule is COc1ccc(OCC(=O)O)cc1OCC(=O)O. The summed E-state index contributed by atoms with van der Waals surface area (Å²) in [6.45, 7) is -1.02. The maximum Gasteiger partial charge on any atom is 0.341 e. The zero-order chi connectivity index (χ0) is 13.5. The summed E-state index contributed by atoms with van der Waals surface area (Å²) in [6, 6.07) is 4.36. The second kappa shape index (κ2) is 6.33. The number of carboxylic acids is 2. The van der Waals surface area contributed by atoms with Gasteiger partial charge in [0.15, 0.2) is 24.7 Å². The van der Waals surface area contributed by atoms with E-state index in [2.05, 4.69) is 0 Å². The predicted molar refractivity (Wildman–Crippen MR) is 59.3 cm³/mol. The largest absolute Gasteiger partial charge is 0.493 e. The van der Waals surface area contributed by atoms with Crippen LogP contribution in [0.4, 0.5) is 0 Å². The summed E-state index contributed by atoms with van der Waals surface area (Å²) < 4.78 is 14.9. The Morgan fingerprint density at radius 3 is 2.22 bits per heavy atom. The molecule has 0 aliphatic rings. The Balaban J connectivity index is 2.80. The lowest BCUT2D eigenvalue weighted by molar-refractivity contribution is -0.140. The third-order valence-corrected chi connectivity index (χ3v) is 1.85. The average Bonchev–Trinajstić information content (AvgIpc) is 2.33. The molecule has 0 amide bonds. The van der Waals surface area contributed by atoms with Crippen molar-refractivity contribution in [1.82, 2.24) is 0 Å². The summed E-state index contributed by atoms with van der Waals surface area (Å²) in [5.74, 6) is -1.49. The first-order chi connectivity index (χ1) is 8.52. The molecule has 98 valence electrons. The molecule has 0 heterocycles. The molecule has 0 spiro atoms. The lowest BCUT2D eigenvalue weighted by Gasteiger charge is -2.11. The van der Waals surface area contributed by atoms with Crippen LogP contribution in [0, 0.1) is 0 Å². The molecule has 0 fully saturated rings. The molecule has 7 nitrogen and oxygen atoms in total. The molecular formula is C11H12O7. The third-order valence-electron chi connectivity index (χ3n) is 1.85. The van der Waals surface area contributed by atoms with Crippen LogP contribution in [0.2, 0.25) is 0 Å². The second-order valence-corrected chi connectivity index (χ2v) is 3.18. The number of hydrogen-bond donors (Lipinski definition) is 2. The number of benzene rings is 1. The van der Waals surface area contributed by atoms with Gasteiger partial charge in [0.1, 0.15) is 5.75 Å². The summed E-state index contributed by atoms with van der Waals surface area (Å²) in [4.78, 5) is 20.7. The summed E-state index contributed by atoms with van der Waals surface area (Å²) in [5, 5.41) is 17.0. The Labute approximate surface area is 103 Å². The Morgan fingerprint density at radius 2 is 1.67 bits per heavy atom. The molecule has 7 heteroatoms. The number of methoxy groups -OCH3 is 1. The summed E-state index contributed by atoms with van der Waals surface area (Å²) in [7, 11) is 1.40. The standard InChI is InChI=1S/C11H12O7/c1-16-8-3-2-7(17-5-10(12)13)4-9(8)18-6-11(14)15/h2-4H,5-6H2,1H3,(H,12,13)(H,14,15). The summed E-state index contributed by atoms with van der Waals surface area (Å²) in [6.07, 6.45) is 0. The van der Waals surface area contributed by atoms with Gasteiger partial charge >= 0.3 is 11.9 Å². The van der Waals surface area contributed by atoms with Gasteiger partial charge in [-0.25, -0.2) is 9.59 Å². The van der Waals surface area contributed by atoms with Crippen molar-refractivity contribution in [3.63, 3.8) is 0 Å². The molecule has 0 aliphatic carbocycles. The van der Waals surface area contributed by atoms with Gasteiger partial charge in [-0.2, -0.15) is 0 Å². The van der Waals surface area contributed by atoms with E-state index in [-0.39, 0.29) is 11.5 Å². The van der Waals surface area contributed by atoms with Crippen LogP contribution in [0.3, 0.4) is 0 Å². The van der Waals surface area contributed by atoms with Gasteiger partial charge in [-0.15, -0.1) is 0 Å². The van der Waals surface area contributed by atoms with E-state index in [0.717, 1.165) is 0 Å². The van der Waals surface area contributed by atoms with Crippen molar-refractivity contribution in [3.05, 3.63) is 18.2 Å². The summed E-state index contributed by atoms with van der Waals surface area (Å²) >= 11 is 0. The number of ether oxygens (including phenoxy) is 3. The molecule has 0 aromatic heterocycles. The minimum absolute atomic E-state index is 0.169. The monoisotopic (exact) mass is 256 g/mol. The Morgan fingerprint density at radius 1 is 1.06 bits per heavy atom. The van der Waals surface area contributed by atoms with Crippen molar-refractivity contribution < 1.29 is 34.0 Å². The van der Waals surface area contributed by atoms with Crippen LogP contribution in [0.1, 0.15) is 0 Å².